The second kappa shape index (κ2) is 47.9. The van der Waals surface area contributed by atoms with E-state index in [1.54, 1.807) is 0 Å². The lowest BCUT2D eigenvalue weighted by Crippen LogP contribution is -2.46. The van der Waals surface area contributed by atoms with Gasteiger partial charge in [0, 0.05) is 6.42 Å². The van der Waals surface area contributed by atoms with E-state index >= 15 is 0 Å². The van der Waals surface area contributed by atoms with Crippen LogP contribution in [0.4, 0.5) is 0 Å². The lowest BCUT2D eigenvalue weighted by molar-refractivity contribution is -0.150. The molecule has 0 heterocycles. The van der Waals surface area contributed by atoms with Gasteiger partial charge < -0.3 is 20.3 Å². The average molecular weight is 842 g/mol. The topological polar surface area (TPSA) is 95.9 Å². The van der Waals surface area contributed by atoms with E-state index in [2.05, 4.69) is 68.6 Å². The van der Waals surface area contributed by atoms with Crippen LogP contribution in [0.2, 0.25) is 0 Å². The standard InChI is InChI=1S/C54H99NO5/c1-4-7-10-13-16-19-22-25-26-27-29-30-33-36-39-42-45-50(60-54(59)47-44-41-38-35-32-28-23-20-17-14-11-8-5-2)48-53(58)55-51(49-56)52(57)46-43-40-37-34-31-24-21-18-15-12-9-6-3/h26-30,32,38,41,50-52,56-57H,4-25,31,33-37,39-40,42-49H2,1-3H3,(H,55,58)/b27-26+,30-29+,32-28-,41-38+. The minimum atomic E-state index is -0.802. The van der Waals surface area contributed by atoms with Gasteiger partial charge in [-0.2, -0.15) is 0 Å². The van der Waals surface area contributed by atoms with Gasteiger partial charge in [0.25, 0.3) is 0 Å². The van der Waals surface area contributed by atoms with Gasteiger partial charge in [-0.05, 0) is 70.6 Å². The van der Waals surface area contributed by atoms with Crippen LogP contribution in [0.1, 0.15) is 258 Å². The number of nitrogens with one attached hydrogen (secondary N) is 1. The third-order valence-corrected chi connectivity index (χ3v) is 11.7. The maximum atomic E-state index is 13.2. The average Bonchev–Trinajstić information content (AvgIpc) is 3.24. The number of hydrogen-bond donors (Lipinski definition) is 3. The molecular formula is C54H99NO5. The van der Waals surface area contributed by atoms with E-state index in [-0.39, 0.29) is 31.3 Å². The maximum absolute atomic E-state index is 13.2. The molecule has 350 valence electrons. The fraction of sp³-hybridized carbons (Fsp3) is 0.815. The lowest BCUT2D eigenvalue weighted by atomic mass is 10.0. The molecule has 0 bridgehead atoms. The zero-order valence-corrected chi connectivity index (χ0v) is 39.8. The first-order valence-corrected chi connectivity index (χ1v) is 25.9. The zero-order chi connectivity index (χ0) is 43.8. The molecule has 3 unspecified atom stereocenters. The Hall–Kier alpha value is -2.18. The second-order valence-electron chi connectivity index (χ2n) is 17.6. The van der Waals surface area contributed by atoms with Crippen molar-refractivity contribution in [3.05, 3.63) is 48.6 Å². The molecule has 0 saturated heterocycles. The molecule has 0 aromatic heterocycles. The summed E-state index contributed by atoms with van der Waals surface area (Å²) in [4.78, 5) is 26.1. The number of rotatable bonds is 46. The van der Waals surface area contributed by atoms with Crippen LogP contribution in [0, 0.1) is 0 Å². The highest BCUT2D eigenvalue weighted by atomic mass is 16.5. The summed E-state index contributed by atoms with van der Waals surface area (Å²) in [7, 11) is 0. The van der Waals surface area contributed by atoms with Crippen LogP contribution in [-0.4, -0.2) is 46.9 Å². The molecule has 6 heteroatoms. The van der Waals surface area contributed by atoms with Crippen LogP contribution in [0.3, 0.4) is 0 Å². The van der Waals surface area contributed by atoms with Gasteiger partial charge in [-0.15, -0.1) is 0 Å². The Labute approximate surface area is 372 Å². The fourth-order valence-corrected chi connectivity index (χ4v) is 7.71. The van der Waals surface area contributed by atoms with Crippen LogP contribution in [-0.2, 0) is 14.3 Å². The first-order valence-electron chi connectivity index (χ1n) is 25.9. The van der Waals surface area contributed by atoms with Gasteiger partial charge >= 0.3 is 5.97 Å². The summed E-state index contributed by atoms with van der Waals surface area (Å²) in [5, 5.41) is 23.7. The Bertz CT molecular complexity index is 1040. The van der Waals surface area contributed by atoms with Crippen molar-refractivity contribution >= 4 is 11.9 Å². The fourth-order valence-electron chi connectivity index (χ4n) is 7.71. The zero-order valence-electron chi connectivity index (χ0n) is 39.8. The molecule has 0 aliphatic rings. The second-order valence-corrected chi connectivity index (χ2v) is 17.6. The molecular weight excluding hydrogens is 743 g/mol. The molecule has 0 saturated carbocycles. The summed E-state index contributed by atoms with van der Waals surface area (Å²) in [5.41, 5.74) is 0. The molecule has 0 aliphatic carbocycles. The van der Waals surface area contributed by atoms with Crippen molar-refractivity contribution in [2.24, 2.45) is 0 Å². The number of carbonyl (C=O) groups is 2. The van der Waals surface area contributed by atoms with Gasteiger partial charge in [-0.3, -0.25) is 9.59 Å². The Kier molecular flexibility index (Phi) is 46.1. The normalized spacial score (nSPS) is 13.6. The van der Waals surface area contributed by atoms with E-state index in [1.807, 2.05) is 6.08 Å². The number of esters is 1. The molecule has 6 nitrogen and oxygen atoms in total. The number of ether oxygens (including phenoxy) is 1. The van der Waals surface area contributed by atoms with Gasteiger partial charge in [0.1, 0.15) is 6.10 Å². The van der Waals surface area contributed by atoms with Crippen molar-refractivity contribution in [3.8, 4) is 0 Å². The highest BCUT2D eigenvalue weighted by molar-refractivity contribution is 5.77. The van der Waals surface area contributed by atoms with E-state index in [0.29, 0.717) is 19.3 Å². The molecule has 0 aromatic carbocycles. The predicted octanol–water partition coefficient (Wildman–Crippen LogP) is 15.5. The Morgan fingerprint density at radius 1 is 0.500 bits per heavy atom. The van der Waals surface area contributed by atoms with Crippen LogP contribution < -0.4 is 5.32 Å². The summed E-state index contributed by atoms with van der Waals surface area (Å²) in [6, 6.07) is -0.720. The molecule has 3 N–H and O–H groups in total. The van der Waals surface area contributed by atoms with Crippen molar-refractivity contribution < 1.29 is 24.5 Å². The van der Waals surface area contributed by atoms with Gasteiger partial charge in [-0.1, -0.05) is 223 Å². The maximum Gasteiger partial charge on any atom is 0.306 e. The number of unbranched alkanes of at least 4 members (excludes halogenated alkanes) is 27. The highest BCUT2D eigenvalue weighted by Crippen LogP contribution is 2.17. The minimum absolute atomic E-state index is 0.0379. The number of carbonyl (C=O) groups excluding carboxylic acids is 2. The van der Waals surface area contributed by atoms with E-state index in [1.165, 1.54) is 141 Å². The monoisotopic (exact) mass is 842 g/mol. The summed E-state index contributed by atoms with van der Waals surface area (Å²) >= 11 is 0. The molecule has 0 rings (SSSR count). The van der Waals surface area contributed by atoms with Crippen LogP contribution in [0.15, 0.2) is 48.6 Å². The number of amides is 1. The Balaban J connectivity index is 4.70. The highest BCUT2D eigenvalue weighted by Gasteiger charge is 2.24. The quantitative estimate of drug-likeness (QED) is 0.0246. The summed E-state index contributed by atoms with van der Waals surface area (Å²) in [5.74, 6) is -0.576. The van der Waals surface area contributed by atoms with Crippen molar-refractivity contribution in [2.75, 3.05) is 6.61 Å². The van der Waals surface area contributed by atoms with Gasteiger partial charge in [0.2, 0.25) is 5.91 Å². The number of aliphatic hydroxyl groups excluding tert-OH is 2. The first kappa shape index (κ1) is 57.8. The van der Waals surface area contributed by atoms with Crippen molar-refractivity contribution in [1.82, 2.24) is 5.32 Å². The van der Waals surface area contributed by atoms with Gasteiger partial charge in [0.15, 0.2) is 0 Å². The third-order valence-electron chi connectivity index (χ3n) is 11.7. The SMILES string of the molecule is CCCCCCCC/C=C\C/C=C/CCC(=O)OC(CCCCC/C=C/C=C/CCCCCCCCC)CC(=O)NC(CO)C(O)CCCCCCCCCCCCCC. The van der Waals surface area contributed by atoms with Gasteiger partial charge in [-0.25, -0.2) is 0 Å². The minimum Gasteiger partial charge on any atom is -0.462 e. The van der Waals surface area contributed by atoms with E-state index in [4.69, 9.17) is 4.74 Å². The number of aliphatic hydroxyl groups is 2. The number of hydrogen-bond acceptors (Lipinski definition) is 5. The Morgan fingerprint density at radius 2 is 0.900 bits per heavy atom. The van der Waals surface area contributed by atoms with Crippen molar-refractivity contribution in [2.45, 2.75) is 277 Å². The molecule has 0 fully saturated rings. The van der Waals surface area contributed by atoms with Gasteiger partial charge in [0.05, 0.1) is 25.2 Å². The summed E-state index contributed by atoms with van der Waals surface area (Å²) < 4.78 is 5.88. The lowest BCUT2D eigenvalue weighted by Gasteiger charge is -2.24. The molecule has 60 heavy (non-hydrogen) atoms. The van der Waals surface area contributed by atoms with Crippen molar-refractivity contribution in [3.63, 3.8) is 0 Å². The number of allylic oxidation sites excluding steroid dienone is 8. The van der Waals surface area contributed by atoms with Crippen molar-refractivity contribution in [1.29, 1.82) is 0 Å². The van der Waals surface area contributed by atoms with E-state index < -0.39 is 18.2 Å². The molecule has 1 amide bonds. The Morgan fingerprint density at radius 3 is 1.38 bits per heavy atom. The first-order chi connectivity index (χ1) is 29.5. The van der Waals surface area contributed by atoms with Crippen LogP contribution >= 0.6 is 0 Å². The third kappa shape index (κ3) is 42.5. The molecule has 0 aliphatic heterocycles. The summed E-state index contributed by atoms with van der Waals surface area (Å²) in [6.07, 6.45) is 57.5. The van der Waals surface area contributed by atoms with Crippen LogP contribution in [0.5, 0.6) is 0 Å². The van der Waals surface area contributed by atoms with Crippen LogP contribution in [0.25, 0.3) is 0 Å². The molecule has 0 aromatic rings. The largest absolute Gasteiger partial charge is 0.462 e. The summed E-state index contributed by atoms with van der Waals surface area (Å²) in [6.45, 7) is 6.45. The van der Waals surface area contributed by atoms with E-state index in [9.17, 15) is 19.8 Å². The van der Waals surface area contributed by atoms with E-state index in [0.717, 1.165) is 64.2 Å². The molecule has 3 atom stereocenters. The smallest absolute Gasteiger partial charge is 0.306 e. The predicted molar refractivity (Wildman–Crippen MR) is 259 cm³/mol. The molecule has 0 spiro atoms. The molecule has 0 radical (unpaired) electrons.